The summed E-state index contributed by atoms with van der Waals surface area (Å²) < 4.78 is 23.0. The highest BCUT2D eigenvalue weighted by Crippen LogP contribution is 2.19. The lowest BCUT2D eigenvalue weighted by Gasteiger charge is -2.09. The van der Waals surface area contributed by atoms with Crippen molar-refractivity contribution in [3.05, 3.63) is 18.3 Å². The molecule has 1 saturated carbocycles. The van der Waals surface area contributed by atoms with Crippen molar-refractivity contribution in [2.24, 2.45) is 0 Å². The lowest BCUT2D eigenvalue weighted by molar-refractivity contribution is 0.601. The van der Waals surface area contributed by atoms with Crippen molar-refractivity contribution in [2.45, 2.75) is 23.8 Å². The third kappa shape index (κ3) is 3.67. The molecule has 1 aliphatic carbocycles. The second-order valence-electron chi connectivity index (χ2n) is 4.28. The molecule has 0 unspecified atom stereocenters. The van der Waals surface area contributed by atoms with Gasteiger partial charge in [0.25, 0.3) is 0 Å². The molecule has 0 aliphatic heterocycles. The minimum Gasteiger partial charge on any atom is -0.368 e. The minimum absolute atomic E-state index is 0.256. The summed E-state index contributed by atoms with van der Waals surface area (Å²) in [4.78, 5) is 4.32. The summed E-state index contributed by atoms with van der Waals surface area (Å²) in [6.45, 7) is 1.50. The van der Waals surface area contributed by atoms with E-state index in [1.165, 1.54) is 19.1 Å². The van der Waals surface area contributed by atoms with E-state index in [-0.39, 0.29) is 4.90 Å². The number of sulfone groups is 1. The summed E-state index contributed by atoms with van der Waals surface area (Å²) in [6, 6.07) is 3.86. The first-order chi connectivity index (χ1) is 8.07. The summed E-state index contributed by atoms with van der Waals surface area (Å²) in [6.07, 6.45) is 5.28. The van der Waals surface area contributed by atoms with Crippen LogP contribution in [0.2, 0.25) is 0 Å². The SMILES string of the molecule is CS(=O)(=O)c1cccnc1NCCNC1CC1. The molecule has 1 heterocycles. The number of anilines is 1. The fourth-order valence-electron chi connectivity index (χ4n) is 1.57. The quantitative estimate of drug-likeness (QED) is 0.730. The first-order valence-electron chi connectivity index (χ1n) is 5.70. The van der Waals surface area contributed by atoms with Crippen LogP contribution in [0.15, 0.2) is 23.2 Å². The highest BCUT2D eigenvalue weighted by Gasteiger charge is 2.19. The molecule has 0 bridgehead atoms. The number of hydrogen-bond donors (Lipinski definition) is 2. The van der Waals surface area contributed by atoms with Crippen molar-refractivity contribution < 1.29 is 8.42 Å². The molecular weight excluding hydrogens is 238 g/mol. The average molecular weight is 255 g/mol. The van der Waals surface area contributed by atoms with Gasteiger partial charge in [0.05, 0.1) is 0 Å². The van der Waals surface area contributed by atoms with Crippen molar-refractivity contribution in [3.63, 3.8) is 0 Å². The summed E-state index contributed by atoms with van der Waals surface area (Å²) >= 11 is 0. The predicted octanol–water partition coefficient (Wildman–Crippen LogP) is 0.649. The highest BCUT2D eigenvalue weighted by atomic mass is 32.2. The Morgan fingerprint density at radius 3 is 2.82 bits per heavy atom. The lowest BCUT2D eigenvalue weighted by Crippen LogP contribution is -2.24. The molecular formula is C11H17N3O2S. The molecule has 1 aromatic rings. The fraction of sp³-hybridized carbons (Fsp3) is 0.545. The minimum atomic E-state index is -3.22. The maximum absolute atomic E-state index is 11.5. The molecule has 0 atom stereocenters. The molecule has 0 aromatic carbocycles. The molecule has 17 heavy (non-hydrogen) atoms. The Morgan fingerprint density at radius 1 is 1.41 bits per heavy atom. The van der Waals surface area contributed by atoms with Crippen LogP contribution < -0.4 is 10.6 Å². The number of nitrogens with zero attached hydrogens (tertiary/aromatic N) is 1. The van der Waals surface area contributed by atoms with Gasteiger partial charge in [-0.1, -0.05) is 0 Å². The van der Waals surface area contributed by atoms with Crippen LogP contribution in [0.1, 0.15) is 12.8 Å². The molecule has 5 nitrogen and oxygen atoms in total. The Bertz CT molecular complexity index is 483. The first kappa shape index (κ1) is 12.3. The van der Waals surface area contributed by atoms with Gasteiger partial charge in [0, 0.05) is 31.6 Å². The second kappa shape index (κ2) is 5.01. The van der Waals surface area contributed by atoms with Crippen molar-refractivity contribution in [2.75, 3.05) is 24.7 Å². The van der Waals surface area contributed by atoms with Gasteiger partial charge in [-0.15, -0.1) is 0 Å². The smallest absolute Gasteiger partial charge is 0.179 e. The molecule has 2 N–H and O–H groups in total. The van der Waals surface area contributed by atoms with Gasteiger partial charge in [0.2, 0.25) is 0 Å². The average Bonchev–Trinajstić information content (AvgIpc) is 3.07. The number of hydrogen-bond acceptors (Lipinski definition) is 5. The van der Waals surface area contributed by atoms with Crippen LogP contribution in [-0.4, -0.2) is 38.8 Å². The van der Waals surface area contributed by atoms with Gasteiger partial charge in [-0.25, -0.2) is 13.4 Å². The Labute approximate surface area is 102 Å². The van der Waals surface area contributed by atoms with Gasteiger partial charge in [-0.3, -0.25) is 0 Å². The van der Waals surface area contributed by atoms with E-state index >= 15 is 0 Å². The maximum Gasteiger partial charge on any atom is 0.179 e. The third-order valence-electron chi connectivity index (χ3n) is 2.60. The Balaban J connectivity index is 1.94. The Morgan fingerprint density at radius 2 is 2.18 bits per heavy atom. The van der Waals surface area contributed by atoms with E-state index in [1.54, 1.807) is 18.3 Å². The standard InChI is InChI=1S/C11H17N3O2S/c1-17(15,16)10-3-2-6-13-11(10)14-8-7-12-9-4-5-9/h2-3,6,9,12H,4-5,7-8H2,1H3,(H,13,14). The molecule has 1 fully saturated rings. The van der Waals surface area contributed by atoms with E-state index in [1.807, 2.05) is 0 Å². The van der Waals surface area contributed by atoms with Gasteiger partial charge in [0.15, 0.2) is 9.84 Å². The van der Waals surface area contributed by atoms with Crippen LogP contribution in [0.4, 0.5) is 5.82 Å². The fourth-order valence-corrected chi connectivity index (χ4v) is 2.37. The summed E-state index contributed by atoms with van der Waals surface area (Å²) in [5, 5.41) is 6.40. The number of rotatable bonds is 6. The monoisotopic (exact) mass is 255 g/mol. The largest absolute Gasteiger partial charge is 0.368 e. The van der Waals surface area contributed by atoms with Gasteiger partial charge in [0.1, 0.15) is 10.7 Å². The number of pyridine rings is 1. The first-order valence-corrected chi connectivity index (χ1v) is 7.59. The van der Waals surface area contributed by atoms with Crippen LogP contribution in [0.25, 0.3) is 0 Å². The lowest BCUT2D eigenvalue weighted by atomic mass is 10.4. The van der Waals surface area contributed by atoms with Crippen LogP contribution in [0.3, 0.4) is 0 Å². The zero-order valence-electron chi connectivity index (χ0n) is 9.81. The van der Waals surface area contributed by atoms with Crippen LogP contribution in [-0.2, 0) is 9.84 Å². The van der Waals surface area contributed by atoms with Gasteiger partial charge >= 0.3 is 0 Å². The second-order valence-corrected chi connectivity index (χ2v) is 6.26. The number of aromatic nitrogens is 1. The van der Waals surface area contributed by atoms with E-state index in [0.717, 1.165) is 6.54 Å². The molecule has 1 aromatic heterocycles. The van der Waals surface area contributed by atoms with Gasteiger partial charge < -0.3 is 10.6 Å². The van der Waals surface area contributed by atoms with Crippen molar-refractivity contribution in [1.29, 1.82) is 0 Å². The summed E-state index contributed by atoms with van der Waals surface area (Å²) in [7, 11) is -3.22. The van der Waals surface area contributed by atoms with Crippen LogP contribution in [0, 0.1) is 0 Å². The molecule has 0 radical (unpaired) electrons. The van der Waals surface area contributed by atoms with E-state index in [9.17, 15) is 8.42 Å². The Hall–Kier alpha value is -1.14. The van der Waals surface area contributed by atoms with Gasteiger partial charge in [-0.2, -0.15) is 0 Å². The van der Waals surface area contributed by atoms with E-state index in [4.69, 9.17) is 0 Å². The molecule has 1 aliphatic rings. The summed E-state index contributed by atoms with van der Waals surface area (Å²) in [5.41, 5.74) is 0. The molecule has 0 amide bonds. The molecule has 2 rings (SSSR count). The molecule has 6 heteroatoms. The van der Waals surface area contributed by atoms with Crippen molar-refractivity contribution in [1.82, 2.24) is 10.3 Å². The molecule has 0 spiro atoms. The topological polar surface area (TPSA) is 71.1 Å². The summed E-state index contributed by atoms with van der Waals surface area (Å²) in [5.74, 6) is 0.438. The third-order valence-corrected chi connectivity index (χ3v) is 3.73. The predicted molar refractivity (Wildman–Crippen MR) is 66.9 cm³/mol. The number of nitrogens with one attached hydrogen (secondary N) is 2. The van der Waals surface area contributed by atoms with E-state index in [2.05, 4.69) is 15.6 Å². The Kier molecular flexibility index (Phi) is 3.63. The molecule has 94 valence electrons. The van der Waals surface area contributed by atoms with Gasteiger partial charge in [-0.05, 0) is 25.0 Å². The van der Waals surface area contributed by atoms with E-state index < -0.39 is 9.84 Å². The van der Waals surface area contributed by atoms with Crippen LogP contribution in [0.5, 0.6) is 0 Å². The maximum atomic E-state index is 11.5. The zero-order valence-corrected chi connectivity index (χ0v) is 10.6. The highest BCUT2D eigenvalue weighted by molar-refractivity contribution is 7.90. The zero-order chi connectivity index (χ0) is 12.3. The van der Waals surface area contributed by atoms with Crippen molar-refractivity contribution >= 4 is 15.7 Å². The molecule has 0 saturated heterocycles. The normalized spacial score (nSPS) is 15.8. The van der Waals surface area contributed by atoms with Crippen molar-refractivity contribution in [3.8, 4) is 0 Å². The van der Waals surface area contributed by atoms with E-state index in [0.29, 0.717) is 18.4 Å². The van der Waals surface area contributed by atoms with Crippen LogP contribution >= 0.6 is 0 Å².